The first-order valence-corrected chi connectivity index (χ1v) is 12.5. The molecule has 10 heteroatoms. The van der Waals surface area contributed by atoms with Gasteiger partial charge in [-0.15, -0.1) is 0 Å². The number of aliphatic hydroxyl groups is 5. The van der Waals surface area contributed by atoms with Gasteiger partial charge in [-0.05, 0) is 33.1 Å². The van der Waals surface area contributed by atoms with Crippen molar-refractivity contribution >= 4 is 11.9 Å². The SMILES string of the molecule is CCC(=O)OC1C2CCC3(O)C(C)(O)C4C5OC5C(C)(C)C4(O)C(O)C(OC(C)=O)C13CC2(C)O. The van der Waals surface area contributed by atoms with Crippen LogP contribution in [0.4, 0.5) is 0 Å². The molecule has 0 aromatic heterocycles. The summed E-state index contributed by atoms with van der Waals surface area (Å²) >= 11 is 0. The summed E-state index contributed by atoms with van der Waals surface area (Å²) in [6.45, 7) is 9.13. The lowest BCUT2D eigenvalue weighted by Gasteiger charge is -2.58. The number of fused-ring (bicyclic) bond motifs is 4. The van der Waals surface area contributed by atoms with Crippen LogP contribution in [-0.2, 0) is 23.8 Å². The molecule has 0 aromatic rings. The molecule has 1 spiro atoms. The van der Waals surface area contributed by atoms with Crippen molar-refractivity contribution in [2.75, 3.05) is 0 Å². The van der Waals surface area contributed by atoms with Gasteiger partial charge in [-0.25, -0.2) is 0 Å². The smallest absolute Gasteiger partial charge is 0.305 e. The highest BCUT2D eigenvalue weighted by molar-refractivity contribution is 5.69. The van der Waals surface area contributed by atoms with Gasteiger partial charge in [-0.3, -0.25) is 9.59 Å². The summed E-state index contributed by atoms with van der Waals surface area (Å²) in [5, 5.41) is 60.6. The fourth-order valence-electron chi connectivity index (χ4n) is 8.85. The Kier molecular flexibility index (Phi) is 5.04. The van der Waals surface area contributed by atoms with Crippen LogP contribution in [0.5, 0.6) is 0 Å². The first-order valence-electron chi connectivity index (χ1n) is 12.5. The largest absolute Gasteiger partial charge is 0.461 e. The van der Waals surface area contributed by atoms with Crippen LogP contribution in [0.15, 0.2) is 0 Å². The molecule has 5 fully saturated rings. The van der Waals surface area contributed by atoms with Crippen molar-refractivity contribution in [3.63, 3.8) is 0 Å². The summed E-state index contributed by atoms with van der Waals surface area (Å²) in [5.74, 6) is -3.16. The number of rotatable bonds is 3. The summed E-state index contributed by atoms with van der Waals surface area (Å²) in [7, 11) is 0. The Hall–Kier alpha value is -1.30. The van der Waals surface area contributed by atoms with Crippen LogP contribution in [-0.4, -0.2) is 90.4 Å². The first kappa shape index (κ1) is 25.4. The second-order valence-corrected chi connectivity index (χ2v) is 12.5. The summed E-state index contributed by atoms with van der Waals surface area (Å²) in [6.07, 6.45) is -5.71. The predicted molar refractivity (Wildman–Crippen MR) is 119 cm³/mol. The maximum atomic E-state index is 12.6. The minimum atomic E-state index is -2.12. The summed E-state index contributed by atoms with van der Waals surface area (Å²) < 4.78 is 17.4. The molecule has 1 heterocycles. The minimum Gasteiger partial charge on any atom is -0.461 e. The molecule has 10 nitrogen and oxygen atoms in total. The number of epoxide rings is 1. The zero-order chi connectivity index (χ0) is 26.1. The van der Waals surface area contributed by atoms with Crippen molar-refractivity contribution in [1.29, 1.82) is 0 Å². The average molecular weight is 499 g/mol. The Bertz CT molecular complexity index is 960. The number of carbonyl (C=O) groups is 2. The van der Waals surface area contributed by atoms with Gasteiger partial charge in [0.15, 0.2) is 0 Å². The van der Waals surface area contributed by atoms with Gasteiger partial charge in [-0.2, -0.15) is 0 Å². The molecule has 12 atom stereocenters. The van der Waals surface area contributed by atoms with Gasteiger partial charge in [0.1, 0.15) is 29.5 Å². The molecule has 0 aromatic carbocycles. The van der Waals surface area contributed by atoms with Gasteiger partial charge in [0.05, 0.1) is 34.7 Å². The Morgan fingerprint density at radius 3 is 2.23 bits per heavy atom. The zero-order valence-electron chi connectivity index (χ0n) is 21.1. The summed E-state index contributed by atoms with van der Waals surface area (Å²) in [6, 6.07) is 0. The Balaban J connectivity index is 1.82. The van der Waals surface area contributed by atoms with Crippen LogP contribution in [0, 0.1) is 22.7 Å². The highest BCUT2D eigenvalue weighted by Gasteiger charge is 2.89. The molecule has 35 heavy (non-hydrogen) atoms. The van der Waals surface area contributed by atoms with E-state index in [-0.39, 0.29) is 25.7 Å². The fraction of sp³-hybridized carbons (Fsp3) is 0.920. The molecule has 0 radical (unpaired) electrons. The van der Waals surface area contributed by atoms with Crippen LogP contribution < -0.4 is 0 Å². The third kappa shape index (κ3) is 2.66. The van der Waals surface area contributed by atoms with Crippen molar-refractivity contribution in [2.45, 2.75) is 120 Å². The maximum absolute atomic E-state index is 12.6. The second kappa shape index (κ2) is 6.96. The highest BCUT2D eigenvalue weighted by Crippen LogP contribution is 2.74. The zero-order valence-corrected chi connectivity index (χ0v) is 21.1. The van der Waals surface area contributed by atoms with E-state index >= 15 is 0 Å². The van der Waals surface area contributed by atoms with Gasteiger partial charge in [0.25, 0.3) is 0 Å². The van der Waals surface area contributed by atoms with E-state index in [4.69, 9.17) is 14.2 Å². The lowest BCUT2D eigenvalue weighted by molar-refractivity contribution is -0.291. The minimum absolute atomic E-state index is 0.0221. The molecule has 0 amide bonds. The molecule has 12 unspecified atom stereocenters. The maximum Gasteiger partial charge on any atom is 0.305 e. The number of esters is 2. The van der Waals surface area contributed by atoms with Crippen molar-refractivity contribution in [2.24, 2.45) is 22.7 Å². The third-order valence-corrected chi connectivity index (χ3v) is 10.5. The van der Waals surface area contributed by atoms with Crippen molar-refractivity contribution < 1.29 is 49.3 Å². The molecule has 4 saturated carbocycles. The first-order chi connectivity index (χ1) is 15.9. The number of hydrogen-bond donors (Lipinski definition) is 5. The number of carbonyl (C=O) groups excluding carboxylic acids is 2. The molecule has 5 N–H and O–H groups in total. The molecular formula is C25H38O10. The number of ether oxygens (including phenoxy) is 3. The number of hydrogen-bond acceptors (Lipinski definition) is 10. The predicted octanol–water partition coefficient (Wildman–Crippen LogP) is -0.198. The molecule has 1 saturated heterocycles. The van der Waals surface area contributed by atoms with Crippen LogP contribution >= 0.6 is 0 Å². The number of aliphatic hydroxyl groups excluding tert-OH is 1. The van der Waals surface area contributed by atoms with Gasteiger partial charge < -0.3 is 39.7 Å². The van der Waals surface area contributed by atoms with E-state index in [9.17, 15) is 35.1 Å². The van der Waals surface area contributed by atoms with Gasteiger partial charge in [-0.1, -0.05) is 20.8 Å². The highest BCUT2D eigenvalue weighted by atomic mass is 16.6. The quantitative estimate of drug-likeness (QED) is 0.260. The van der Waals surface area contributed by atoms with Crippen molar-refractivity contribution in [3.8, 4) is 0 Å². The molecule has 4 aliphatic carbocycles. The van der Waals surface area contributed by atoms with E-state index in [1.807, 2.05) is 0 Å². The Labute approximate surface area is 204 Å². The van der Waals surface area contributed by atoms with E-state index < -0.39 is 87.5 Å². The van der Waals surface area contributed by atoms with E-state index in [0.717, 1.165) is 6.92 Å². The van der Waals surface area contributed by atoms with E-state index in [0.29, 0.717) is 0 Å². The molecule has 2 bridgehead atoms. The van der Waals surface area contributed by atoms with Gasteiger partial charge in [0.2, 0.25) is 0 Å². The average Bonchev–Trinajstić information content (AvgIpc) is 3.46. The topological polar surface area (TPSA) is 166 Å². The molecule has 198 valence electrons. The van der Waals surface area contributed by atoms with Crippen LogP contribution in [0.2, 0.25) is 0 Å². The van der Waals surface area contributed by atoms with Crippen LogP contribution in [0.25, 0.3) is 0 Å². The molecule has 5 rings (SSSR count). The van der Waals surface area contributed by atoms with Gasteiger partial charge in [0, 0.05) is 24.7 Å². The van der Waals surface area contributed by atoms with E-state index in [2.05, 4.69) is 0 Å². The van der Waals surface area contributed by atoms with Crippen LogP contribution in [0.1, 0.15) is 67.2 Å². The second-order valence-electron chi connectivity index (χ2n) is 12.5. The van der Waals surface area contributed by atoms with Gasteiger partial charge >= 0.3 is 11.9 Å². The lowest BCUT2D eigenvalue weighted by Crippen LogP contribution is -2.73. The monoisotopic (exact) mass is 498 g/mol. The summed E-state index contributed by atoms with van der Waals surface area (Å²) in [5.41, 5.74) is -10.6. The normalized spacial score (nSPS) is 57.4. The lowest BCUT2D eigenvalue weighted by atomic mass is 9.53. The fourth-order valence-corrected chi connectivity index (χ4v) is 8.85. The Morgan fingerprint density at radius 1 is 1.03 bits per heavy atom. The molecular weight excluding hydrogens is 460 g/mol. The van der Waals surface area contributed by atoms with E-state index in [1.165, 1.54) is 6.92 Å². The molecule has 5 aliphatic rings. The summed E-state index contributed by atoms with van der Waals surface area (Å²) in [4.78, 5) is 25.0. The van der Waals surface area contributed by atoms with E-state index in [1.54, 1.807) is 27.7 Å². The third-order valence-electron chi connectivity index (χ3n) is 10.5. The van der Waals surface area contributed by atoms with Crippen molar-refractivity contribution in [1.82, 2.24) is 0 Å². The standard InChI is InChI=1S/C25H38O10/c1-7-13(27)34-17-12-8-9-24(31)22(6,30)15-14-18(35-14)20(3,4)25(15,32)16(28)19(33-11(2)26)23(17,24)10-21(12,5)29/h12,14-19,28-32H,7-10H2,1-6H3. The van der Waals surface area contributed by atoms with Crippen LogP contribution in [0.3, 0.4) is 0 Å². The van der Waals surface area contributed by atoms with Crippen molar-refractivity contribution in [3.05, 3.63) is 0 Å². The molecule has 1 aliphatic heterocycles. The Morgan fingerprint density at radius 2 is 1.66 bits per heavy atom.